The molecule has 1 aromatic rings. The summed E-state index contributed by atoms with van der Waals surface area (Å²) in [5.41, 5.74) is 0.419. The normalized spacial score (nSPS) is 17.1. The van der Waals surface area contributed by atoms with E-state index in [2.05, 4.69) is 15.7 Å². The van der Waals surface area contributed by atoms with Crippen LogP contribution in [0.15, 0.2) is 12.4 Å². The van der Waals surface area contributed by atoms with Crippen LogP contribution in [-0.4, -0.2) is 41.0 Å². The maximum Gasteiger partial charge on any atom is 0.250 e. The average molecular weight is 280 g/mol. The Hall–Kier alpha value is -1.40. The Morgan fingerprint density at radius 2 is 2.20 bits per heavy atom. The van der Waals surface area contributed by atoms with Crippen LogP contribution in [0.2, 0.25) is 0 Å². The lowest BCUT2D eigenvalue weighted by molar-refractivity contribution is -0.125. The van der Waals surface area contributed by atoms with Gasteiger partial charge in [0.2, 0.25) is 5.91 Å². The number of hydrogen-bond donors (Lipinski definition) is 2. The van der Waals surface area contributed by atoms with Gasteiger partial charge in [-0.05, 0) is 46.7 Å². The molecule has 1 fully saturated rings. The van der Waals surface area contributed by atoms with E-state index < -0.39 is 0 Å². The number of hydrogen-bond acceptors (Lipinski definition) is 4. The van der Waals surface area contributed by atoms with E-state index in [4.69, 9.17) is 4.74 Å². The molecule has 6 nitrogen and oxygen atoms in total. The number of anilines is 1. The highest BCUT2D eigenvalue weighted by molar-refractivity contribution is 5.91. The van der Waals surface area contributed by atoms with Gasteiger partial charge >= 0.3 is 0 Å². The Morgan fingerprint density at radius 3 is 2.85 bits per heavy atom. The largest absolute Gasteiger partial charge is 0.366 e. The molecule has 1 amide bonds. The summed E-state index contributed by atoms with van der Waals surface area (Å²) >= 11 is 0. The third-order valence-electron chi connectivity index (χ3n) is 3.20. The highest BCUT2D eigenvalue weighted by Gasteiger charge is 2.17. The number of nitrogens with one attached hydrogen (secondary N) is 2. The fraction of sp³-hybridized carbons (Fsp3) is 0.714. The van der Waals surface area contributed by atoms with Gasteiger partial charge in [-0.1, -0.05) is 0 Å². The highest BCUT2D eigenvalue weighted by atomic mass is 16.5. The molecule has 0 saturated carbocycles. The van der Waals surface area contributed by atoms with E-state index in [9.17, 15) is 4.79 Å². The maximum atomic E-state index is 11.8. The summed E-state index contributed by atoms with van der Waals surface area (Å²) in [6.07, 6.45) is 5.73. The van der Waals surface area contributed by atoms with Crippen LogP contribution in [0.1, 0.15) is 39.7 Å². The summed E-state index contributed by atoms with van der Waals surface area (Å²) in [4.78, 5) is 11.8. The number of carbonyl (C=O) groups is 1. The summed E-state index contributed by atoms with van der Waals surface area (Å²) in [6.45, 7) is 7.87. The van der Waals surface area contributed by atoms with Crippen molar-refractivity contribution >= 4 is 11.6 Å². The molecule has 2 heterocycles. The molecule has 0 unspecified atom stereocenters. The zero-order chi connectivity index (χ0) is 14.6. The molecule has 0 bridgehead atoms. The van der Waals surface area contributed by atoms with Crippen LogP contribution in [0.4, 0.5) is 5.69 Å². The summed E-state index contributed by atoms with van der Waals surface area (Å²) in [7, 11) is 0. The molecule has 112 valence electrons. The van der Waals surface area contributed by atoms with Crippen molar-refractivity contribution in [1.82, 2.24) is 15.1 Å². The minimum absolute atomic E-state index is 0.0576. The lowest BCUT2D eigenvalue weighted by Gasteiger charge is -2.22. The van der Waals surface area contributed by atoms with E-state index >= 15 is 0 Å². The topological polar surface area (TPSA) is 68.2 Å². The second-order valence-electron chi connectivity index (χ2n) is 6.14. The van der Waals surface area contributed by atoms with E-state index in [1.807, 2.05) is 31.6 Å². The summed E-state index contributed by atoms with van der Waals surface area (Å²) in [5.74, 6) is -0.148. The molecule has 1 aliphatic heterocycles. The minimum atomic E-state index is -0.309. The molecule has 0 spiro atoms. The Morgan fingerprint density at radius 1 is 1.50 bits per heavy atom. The number of carbonyl (C=O) groups excluding carboxylic acids is 1. The van der Waals surface area contributed by atoms with Gasteiger partial charge in [-0.2, -0.15) is 5.10 Å². The van der Waals surface area contributed by atoms with Gasteiger partial charge in [-0.25, -0.2) is 0 Å². The second-order valence-corrected chi connectivity index (χ2v) is 6.14. The van der Waals surface area contributed by atoms with Crippen LogP contribution in [0.25, 0.3) is 0 Å². The zero-order valence-corrected chi connectivity index (χ0v) is 12.5. The predicted molar refractivity (Wildman–Crippen MR) is 77.7 cm³/mol. The van der Waals surface area contributed by atoms with E-state index in [0.29, 0.717) is 6.04 Å². The van der Waals surface area contributed by atoms with Gasteiger partial charge in [-0.3, -0.25) is 9.48 Å². The molecular formula is C14H24N4O2. The number of ether oxygens (including phenoxy) is 1. The average Bonchev–Trinajstić information content (AvgIpc) is 2.85. The number of piperidine rings is 1. The Kier molecular flexibility index (Phi) is 4.77. The van der Waals surface area contributed by atoms with Crippen LogP contribution < -0.4 is 10.6 Å². The quantitative estimate of drug-likeness (QED) is 0.878. The molecule has 1 saturated heterocycles. The first-order valence-electron chi connectivity index (χ1n) is 7.13. The first-order chi connectivity index (χ1) is 9.44. The number of amides is 1. The molecule has 2 N–H and O–H groups in total. The summed E-state index contributed by atoms with van der Waals surface area (Å²) in [5, 5.41) is 10.5. The second kappa shape index (κ2) is 6.37. The van der Waals surface area contributed by atoms with Crippen molar-refractivity contribution in [3.8, 4) is 0 Å². The van der Waals surface area contributed by atoms with Crippen LogP contribution >= 0.6 is 0 Å². The Labute approximate surface area is 119 Å². The molecule has 0 aromatic carbocycles. The summed E-state index contributed by atoms with van der Waals surface area (Å²) < 4.78 is 7.38. The van der Waals surface area contributed by atoms with Gasteiger partial charge in [0.1, 0.15) is 6.61 Å². The molecule has 2 rings (SSSR count). The molecule has 20 heavy (non-hydrogen) atoms. The lowest BCUT2D eigenvalue weighted by atomic mass is 10.1. The van der Waals surface area contributed by atoms with Gasteiger partial charge in [-0.15, -0.1) is 0 Å². The fourth-order valence-corrected chi connectivity index (χ4v) is 2.15. The standard InChI is InChI=1S/C14H24N4O2/c1-14(2,3)20-10-13(19)17-11-8-16-18(9-11)12-4-6-15-7-5-12/h8-9,12,15H,4-7,10H2,1-3H3,(H,17,19). The van der Waals surface area contributed by atoms with Gasteiger partial charge in [0.05, 0.1) is 23.5 Å². The maximum absolute atomic E-state index is 11.8. The molecule has 0 aliphatic carbocycles. The monoisotopic (exact) mass is 280 g/mol. The molecular weight excluding hydrogens is 256 g/mol. The van der Waals surface area contributed by atoms with Crippen LogP contribution in [0.3, 0.4) is 0 Å². The van der Waals surface area contributed by atoms with E-state index in [0.717, 1.165) is 31.6 Å². The van der Waals surface area contributed by atoms with Crippen LogP contribution in [-0.2, 0) is 9.53 Å². The smallest absolute Gasteiger partial charge is 0.250 e. The number of aromatic nitrogens is 2. The van der Waals surface area contributed by atoms with Crippen molar-refractivity contribution in [2.45, 2.75) is 45.3 Å². The lowest BCUT2D eigenvalue weighted by Crippen LogP contribution is -2.29. The molecule has 1 aliphatic rings. The van der Waals surface area contributed by atoms with Crippen molar-refractivity contribution in [2.24, 2.45) is 0 Å². The van der Waals surface area contributed by atoms with E-state index in [1.54, 1.807) is 6.20 Å². The molecule has 6 heteroatoms. The fourth-order valence-electron chi connectivity index (χ4n) is 2.15. The highest BCUT2D eigenvalue weighted by Crippen LogP contribution is 2.19. The third-order valence-corrected chi connectivity index (χ3v) is 3.20. The number of rotatable bonds is 4. The van der Waals surface area contributed by atoms with E-state index in [-0.39, 0.29) is 18.1 Å². The Balaban J connectivity index is 1.84. The first kappa shape index (κ1) is 15.0. The molecule has 0 radical (unpaired) electrons. The van der Waals surface area contributed by atoms with Crippen LogP contribution in [0.5, 0.6) is 0 Å². The van der Waals surface area contributed by atoms with Crippen molar-refractivity contribution in [2.75, 3.05) is 25.0 Å². The van der Waals surface area contributed by atoms with Crippen molar-refractivity contribution in [3.63, 3.8) is 0 Å². The van der Waals surface area contributed by atoms with Crippen molar-refractivity contribution < 1.29 is 9.53 Å². The van der Waals surface area contributed by atoms with Gasteiger partial charge in [0.15, 0.2) is 0 Å². The van der Waals surface area contributed by atoms with Gasteiger partial charge < -0.3 is 15.4 Å². The van der Waals surface area contributed by atoms with Gasteiger partial charge in [0, 0.05) is 6.20 Å². The number of nitrogens with zero attached hydrogens (tertiary/aromatic N) is 2. The van der Waals surface area contributed by atoms with Crippen molar-refractivity contribution in [1.29, 1.82) is 0 Å². The first-order valence-corrected chi connectivity index (χ1v) is 7.13. The van der Waals surface area contributed by atoms with E-state index in [1.165, 1.54) is 0 Å². The summed E-state index contributed by atoms with van der Waals surface area (Å²) in [6, 6.07) is 0.424. The van der Waals surface area contributed by atoms with Crippen molar-refractivity contribution in [3.05, 3.63) is 12.4 Å². The SMILES string of the molecule is CC(C)(C)OCC(=O)Nc1cnn(C2CCNCC2)c1. The third kappa shape index (κ3) is 4.61. The predicted octanol–water partition coefficient (Wildman–Crippen LogP) is 1.56. The zero-order valence-electron chi connectivity index (χ0n) is 12.5. The Bertz CT molecular complexity index is 444. The van der Waals surface area contributed by atoms with Crippen LogP contribution in [0, 0.1) is 0 Å². The molecule has 1 aromatic heterocycles. The van der Waals surface area contributed by atoms with Gasteiger partial charge in [0.25, 0.3) is 0 Å². The molecule has 0 atom stereocenters. The minimum Gasteiger partial charge on any atom is -0.366 e.